The zero-order valence-corrected chi connectivity index (χ0v) is 14.7. The van der Waals surface area contributed by atoms with E-state index in [-0.39, 0.29) is 30.7 Å². The molecule has 0 aromatic heterocycles. The number of carbonyl (C=O) groups is 3. The molecule has 0 spiro atoms. The van der Waals surface area contributed by atoms with Gasteiger partial charge >= 0.3 is 6.03 Å². The molecular formula is C19H19FN4O3. The van der Waals surface area contributed by atoms with E-state index in [1.165, 1.54) is 17.0 Å². The smallest absolute Gasteiger partial charge is 0.323 e. The van der Waals surface area contributed by atoms with Crippen molar-refractivity contribution in [3.63, 3.8) is 0 Å². The maximum absolute atomic E-state index is 12.9. The Morgan fingerprint density at radius 2 is 1.89 bits per heavy atom. The highest BCUT2D eigenvalue weighted by atomic mass is 19.1. The Balaban J connectivity index is 1.59. The summed E-state index contributed by atoms with van der Waals surface area (Å²) in [5, 5.41) is 7.97. The van der Waals surface area contributed by atoms with Gasteiger partial charge in [0, 0.05) is 6.54 Å². The minimum Gasteiger partial charge on any atom is -0.350 e. The molecule has 0 saturated carbocycles. The fourth-order valence-electron chi connectivity index (χ4n) is 2.69. The summed E-state index contributed by atoms with van der Waals surface area (Å²) in [5.41, 5.74) is 1.84. The van der Waals surface area contributed by atoms with E-state index in [1.807, 2.05) is 0 Å². The molecule has 8 heteroatoms. The van der Waals surface area contributed by atoms with Crippen LogP contribution in [0.25, 0.3) is 0 Å². The number of hydrogen-bond acceptors (Lipinski definition) is 3. The molecule has 0 fully saturated rings. The van der Waals surface area contributed by atoms with Crippen LogP contribution in [0.3, 0.4) is 0 Å². The molecule has 2 aromatic rings. The van der Waals surface area contributed by atoms with Crippen molar-refractivity contribution in [2.45, 2.75) is 19.5 Å². The van der Waals surface area contributed by atoms with Crippen molar-refractivity contribution in [2.24, 2.45) is 0 Å². The van der Waals surface area contributed by atoms with E-state index in [0.717, 1.165) is 5.56 Å². The Kier molecular flexibility index (Phi) is 5.35. The number of hydrogen-bond donors (Lipinski definition) is 3. The summed E-state index contributed by atoms with van der Waals surface area (Å²) < 4.78 is 12.9. The first-order chi connectivity index (χ1) is 12.9. The first-order valence-corrected chi connectivity index (χ1v) is 8.43. The number of para-hydroxylation sites is 2. The van der Waals surface area contributed by atoms with E-state index in [4.69, 9.17) is 0 Å². The van der Waals surface area contributed by atoms with Crippen molar-refractivity contribution in [1.29, 1.82) is 0 Å². The number of benzene rings is 2. The van der Waals surface area contributed by atoms with E-state index in [2.05, 4.69) is 16.0 Å². The Bertz CT molecular complexity index is 870. The molecule has 0 bridgehead atoms. The SMILES string of the molecule is C[C@H](NC(=O)N1CC(=O)Nc2ccccc21)C(=O)NCc1ccc(F)cc1. The number of urea groups is 1. The highest BCUT2D eigenvalue weighted by Gasteiger charge is 2.28. The predicted octanol–water partition coefficient (Wildman–Crippen LogP) is 2.00. The standard InChI is InChI=1S/C19H19FN4O3/c1-12(18(26)21-10-13-6-8-14(20)9-7-13)22-19(27)24-11-17(25)23-15-4-2-3-5-16(15)24/h2-9,12H,10-11H2,1H3,(H,21,26)(H,22,27)(H,23,25)/t12-/m0/s1. The molecule has 1 atom stereocenters. The minimum atomic E-state index is -0.810. The fraction of sp³-hybridized carbons (Fsp3) is 0.211. The first kappa shape index (κ1) is 18.4. The van der Waals surface area contributed by atoms with Crippen LogP contribution >= 0.6 is 0 Å². The first-order valence-electron chi connectivity index (χ1n) is 8.43. The lowest BCUT2D eigenvalue weighted by molar-refractivity contribution is -0.122. The third kappa shape index (κ3) is 4.41. The molecule has 0 aliphatic carbocycles. The van der Waals surface area contributed by atoms with Crippen molar-refractivity contribution in [1.82, 2.24) is 10.6 Å². The molecule has 3 N–H and O–H groups in total. The van der Waals surface area contributed by atoms with Crippen LogP contribution in [0.1, 0.15) is 12.5 Å². The van der Waals surface area contributed by atoms with Crippen molar-refractivity contribution >= 4 is 29.2 Å². The highest BCUT2D eigenvalue weighted by molar-refractivity contribution is 6.09. The van der Waals surface area contributed by atoms with E-state index in [0.29, 0.717) is 11.4 Å². The zero-order valence-electron chi connectivity index (χ0n) is 14.7. The summed E-state index contributed by atoms with van der Waals surface area (Å²) in [4.78, 5) is 37.9. The Hall–Kier alpha value is -3.42. The van der Waals surface area contributed by atoms with Gasteiger partial charge in [0.2, 0.25) is 11.8 Å². The van der Waals surface area contributed by atoms with E-state index in [9.17, 15) is 18.8 Å². The lowest BCUT2D eigenvalue weighted by Gasteiger charge is -2.30. The molecule has 1 heterocycles. The lowest BCUT2D eigenvalue weighted by atomic mass is 10.2. The Morgan fingerprint density at radius 3 is 2.63 bits per heavy atom. The van der Waals surface area contributed by atoms with Gasteiger partial charge in [0.05, 0.1) is 11.4 Å². The third-order valence-electron chi connectivity index (χ3n) is 4.13. The topological polar surface area (TPSA) is 90.5 Å². The van der Waals surface area contributed by atoms with Gasteiger partial charge in [-0.05, 0) is 36.8 Å². The fourth-order valence-corrected chi connectivity index (χ4v) is 2.69. The predicted molar refractivity (Wildman–Crippen MR) is 98.7 cm³/mol. The van der Waals surface area contributed by atoms with Crippen LogP contribution in [0.15, 0.2) is 48.5 Å². The summed E-state index contributed by atoms with van der Waals surface area (Å²) in [6, 6.07) is 11.3. The molecule has 1 aliphatic heterocycles. The number of fused-ring (bicyclic) bond motifs is 1. The number of anilines is 2. The van der Waals surface area contributed by atoms with Gasteiger partial charge in [0.15, 0.2) is 0 Å². The maximum atomic E-state index is 12.9. The molecule has 1 aliphatic rings. The van der Waals surface area contributed by atoms with E-state index in [1.54, 1.807) is 43.3 Å². The lowest BCUT2D eigenvalue weighted by Crippen LogP contribution is -2.52. The molecule has 0 saturated heterocycles. The van der Waals surface area contributed by atoms with Gasteiger partial charge < -0.3 is 16.0 Å². The number of halogens is 1. The summed E-state index contributed by atoms with van der Waals surface area (Å²) >= 11 is 0. The Morgan fingerprint density at radius 1 is 1.19 bits per heavy atom. The van der Waals surface area contributed by atoms with Gasteiger partial charge in [-0.1, -0.05) is 24.3 Å². The molecule has 0 radical (unpaired) electrons. The quantitative estimate of drug-likeness (QED) is 0.769. The molecule has 3 rings (SSSR count). The number of amides is 4. The van der Waals surface area contributed by atoms with Crippen molar-refractivity contribution in [3.8, 4) is 0 Å². The summed E-state index contributed by atoms with van der Waals surface area (Å²) in [6.45, 7) is 1.63. The third-order valence-corrected chi connectivity index (χ3v) is 4.13. The largest absolute Gasteiger partial charge is 0.350 e. The average molecular weight is 370 g/mol. The second kappa shape index (κ2) is 7.86. The number of nitrogens with zero attached hydrogens (tertiary/aromatic N) is 1. The van der Waals surface area contributed by atoms with Gasteiger partial charge in [-0.2, -0.15) is 0 Å². The average Bonchev–Trinajstić information content (AvgIpc) is 2.66. The van der Waals surface area contributed by atoms with Crippen LogP contribution in [-0.4, -0.2) is 30.4 Å². The summed E-state index contributed by atoms with van der Waals surface area (Å²) in [5.74, 6) is -1.05. The molecule has 4 amide bonds. The van der Waals surface area contributed by atoms with Gasteiger partial charge in [0.25, 0.3) is 0 Å². The van der Waals surface area contributed by atoms with Crippen molar-refractivity contribution < 1.29 is 18.8 Å². The van der Waals surface area contributed by atoms with Crippen LogP contribution < -0.4 is 20.9 Å². The highest BCUT2D eigenvalue weighted by Crippen LogP contribution is 2.28. The minimum absolute atomic E-state index is 0.132. The van der Waals surface area contributed by atoms with Gasteiger partial charge in [-0.15, -0.1) is 0 Å². The number of rotatable bonds is 4. The Labute approximate surface area is 155 Å². The van der Waals surface area contributed by atoms with Crippen LogP contribution in [0.2, 0.25) is 0 Å². The van der Waals surface area contributed by atoms with Crippen LogP contribution in [-0.2, 0) is 16.1 Å². The van der Waals surface area contributed by atoms with Crippen LogP contribution in [0, 0.1) is 5.82 Å². The second-order valence-corrected chi connectivity index (χ2v) is 6.17. The van der Waals surface area contributed by atoms with Gasteiger partial charge in [-0.3, -0.25) is 14.5 Å². The van der Waals surface area contributed by atoms with Gasteiger partial charge in [-0.25, -0.2) is 9.18 Å². The number of nitrogens with one attached hydrogen (secondary N) is 3. The van der Waals surface area contributed by atoms with E-state index < -0.39 is 12.1 Å². The summed E-state index contributed by atoms with van der Waals surface area (Å²) in [7, 11) is 0. The molecule has 140 valence electrons. The monoisotopic (exact) mass is 370 g/mol. The molecule has 27 heavy (non-hydrogen) atoms. The zero-order chi connectivity index (χ0) is 19.4. The molecular weight excluding hydrogens is 351 g/mol. The molecule has 2 aromatic carbocycles. The van der Waals surface area contributed by atoms with Crippen molar-refractivity contribution in [2.75, 3.05) is 16.8 Å². The summed E-state index contributed by atoms with van der Waals surface area (Å²) in [6.07, 6.45) is 0. The normalized spacial score (nSPS) is 14.0. The van der Waals surface area contributed by atoms with E-state index >= 15 is 0 Å². The van der Waals surface area contributed by atoms with Gasteiger partial charge in [0.1, 0.15) is 18.4 Å². The molecule has 7 nitrogen and oxygen atoms in total. The van der Waals surface area contributed by atoms with Crippen LogP contribution in [0.4, 0.5) is 20.6 Å². The van der Waals surface area contributed by atoms with Crippen molar-refractivity contribution in [3.05, 3.63) is 59.9 Å². The maximum Gasteiger partial charge on any atom is 0.323 e. The molecule has 0 unspecified atom stereocenters. The second-order valence-electron chi connectivity index (χ2n) is 6.17. The number of carbonyl (C=O) groups excluding carboxylic acids is 3. The van der Waals surface area contributed by atoms with Crippen LogP contribution in [0.5, 0.6) is 0 Å².